The fourth-order valence-corrected chi connectivity index (χ4v) is 2.50. The van der Waals surface area contributed by atoms with Crippen molar-refractivity contribution in [2.75, 3.05) is 7.11 Å². The van der Waals surface area contributed by atoms with Crippen LogP contribution in [0, 0.1) is 0 Å². The molecule has 7 heteroatoms. The van der Waals surface area contributed by atoms with E-state index in [0.29, 0.717) is 34.1 Å². The van der Waals surface area contributed by atoms with Gasteiger partial charge in [-0.3, -0.25) is 0 Å². The minimum Gasteiger partial charge on any atom is -0.481 e. The average molecular weight is 341 g/mol. The number of hydrogen-bond donors (Lipinski definition) is 1. The molecule has 0 bridgehead atoms. The fraction of sp³-hybridized carbons (Fsp3) is 0.267. The van der Waals surface area contributed by atoms with Gasteiger partial charge in [-0.2, -0.15) is 4.98 Å². The zero-order valence-electron chi connectivity index (χ0n) is 12.1. The SMILES string of the molecule is CCc1nc(C(=O)O)nc(OC)c1Cc1cccc(Cl)c1Cl. The van der Waals surface area contributed by atoms with E-state index in [1.807, 2.05) is 13.0 Å². The predicted molar refractivity (Wildman–Crippen MR) is 84.2 cm³/mol. The minimum absolute atomic E-state index is 0.236. The number of benzene rings is 1. The number of carboxylic acid groups (broad SMARTS) is 1. The van der Waals surface area contributed by atoms with Crippen LogP contribution in [0.1, 0.15) is 34.4 Å². The number of rotatable bonds is 5. The third kappa shape index (κ3) is 3.31. The van der Waals surface area contributed by atoms with Crippen LogP contribution in [-0.4, -0.2) is 28.2 Å². The first-order chi connectivity index (χ1) is 10.5. The second-order valence-corrected chi connectivity index (χ2v) is 5.32. The van der Waals surface area contributed by atoms with Gasteiger partial charge in [-0.1, -0.05) is 42.3 Å². The van der Waals surface area contributed by atoms with Crippen molar-refractivity contribution in [3.63, 3.8) is 0 Å². The molecule has 0 aliphatic carbocycles. The van der Waals surface area contributed by atoms with Crippen LogP contribution in [0.15, 0.2) is 18.2 Å². The highest BCUT2D eigenvalue weighted by atomic mass is 35.5. The summed E-state index contributed by atoms with van der Waals surface area (Å²) >= 11 is 12.2. The van der Waals surface area contributed by atoms with Crippen LogP contribution < -0.4 is 4.74 Å². The zero-order valence-corrected chi connectivity index (χ0v) is 13.6. The molecule has 1 aromatic carbocycles. The number of aromatic nitrogens is 2. The number of aromatic carboxylic acids is 1. The van der Waals surface area contributed by atoms with Gasteiger partial charge in [0.1, 0.15) is 0 Å². The maximum atomic E-state index is 11.1. The number of methoxy groups -OCH3 is 1. The van der Waals surface area contributed by atoms with E-state index in [1.54, 1.807) is 12.1 Å². The zero-order chi connectivity index (χ0) is 16.3. The maximum Gasteiger partial charge on any atom is 0.374 e. The smallest absolute Gasteiger partial charge is 0.374 e. The molecule has 22 heavy (non-hydrogen) atoms. The molecule has 1 aromatic heterocycles. The standard InChI is InChI=1S/C15H14Cl2N2O3/c1-3-11-9(7-8-5-4-6-10(16)12(8)17)14(22-2)19-13(18-11)15(20)21/h4-6H,3,7H2,1-2H3,(H,20,21). The molecule has 2 rings (SSSR count). The van der Waals surface area contributed by atoms with Crippen molar-refractivity contribution in [3.8, 4) is 5.88 Å². The molecule has 116 valence electrons. The number of ether oxygens (including phenoxy) is 1. The molecular weight excluding hydrogens is 327 g/mol. The molecular formula is C15H14Cl2N2O3. The van der Waals surface area contributed by atoms with Gasteiger partial charge in [0, 0.05) is 12.0 Å². The van der Waals surface area contributed by atoms with Crippen molar-refractivity contribution < 1.29 is 14.6 Å². The van der Waals surface area contributed by atoms with Crippen molar-refractivity contribution in [2.24, 2.45) is 0 Å². The highest BCUT2D eigenvalue weighted by Gasteiger charge is 2.19. The minimum atomic E-state index is -1.19. The summed E-state index contributed by atoms with van der Waals surface area (Å²) < 4.78 is 5.23. The summed E-state index contributed by atoms with van der Waals surface area (Å²) in [6.45, 7) is 1.89. The second kappa shape index (κ2) is 6.94. The third-order valence-corrected chi connectivity index (χ3v) is 4.03. The molecule has 2 aromatic rings. The lowest BCUT2D eigenvalue weighted by atomic mass is 10.0. The van der Waals surface area contributed by atoms with Crippen molar-refractivity contribution in [1.82, 2.24) is 9.97 Å². The number of nitrogens with zero attached hydrogens (tertiary/aromatic N) is 2. The quantitative estimate of drug-likeness (QED) is 0.899. The van der Waals surface area contributed by atoms with Crippen LogP contribution in [0.25, 0.3) is 0 Å². The molecule has 0 saturated carbocycles. The Labute approximate surface area is 137 Å². The Kier molecular flexibility index (Phi) is 5.21. The normalized spacial score (nSPS) is 10.5. The van der Waals surface area contributed by atoms with E-state index in [9.17, 15) is 4.79 Å². The first-order valence-electron chi connectivity index (χ1n) is 6.57. The Morgan fingerprint density at radius 1 is 1.32 bits per heavy atom. The van der Waals surface area contributed by atoms with Crippen molar-refractivity contribution in [2.45, 2.75) is 19.8 Å². The Morgan fingerprint density at radius 2 is 2.05 bits per heavy atom. The van der Waals surface area contributed by atoms with Crippen LogP contribution in [0.5, 0.6) is 5.88 Å². The molecule has 0 radical (unpaired) electrons. The van der Waals surface area contributed by atoms with E-state index in [-0.39, 0.29) is 11.7 Å². The van der Waals surface area contributed by atoms with E-state index in [2.05, 4.69) is 9.97 Å². The van der Waals surface area contributed by atoms with Crippen LogP contribution >= 0.6 is 23.2 Å². The van der Waals surface area contributed by atoms with E-state index in [4.69, 9.17) is 33.0 Å². The molecule has 0 aliphatic heterocycles. The Morgan fingerprint density at radius 3 is 2.64 bits per heavy atom. The number of halogens is 2. The second-order valence-electron chi connectivity index (χ2n) is 4.53. The molecule has 0 fully saturated rings. The van der Waals surface area contributed by atoms with Crippen LogP contribution in [0.4, 0.5) is 0 Å². The van der Waals surface area contributed by atoms with Gasteiger partial charge >= 0.3 is 5.97 Å². The topological polar surface area (TPSA) is 72.3 Å². The summed E-state index contributed by atoms with van der Waals surface area (Å²) in [6.07, 6.45) is 0.957. The van der Waals surface area contributed by atoms with Gasteiger partial charge in [-0.15, -0.1) is 0 Å². The van der Waals surface area contributed by atoms with Gasteiger partial charge in [0.05, 0.1) is 22.8 Å². The van der Waals surface area contributed by atoms with Crippen molar-refractivity contribution in [1.29, 1.82) is 0 Å². The Balaban J connectivity index is 2.54. The van der Waals surface area contributed by atoms with Crippen molar-refractivity contribution in [3.05, 3.63) is 50.9 Å². The largest absolute Gasteiger partial charge is 0.481 e. The van der Waals surface area contributed by atoms with Gasteiger partial charge < -0.3 is 9.84 Å². The lowest BCUT2D eigenvalue weighted by molar-refractivity contribution is 0.0681. The molecule has 1 N–H and O–H groups in total. The van der Waals surface area contributed by atoms with Crippen molar-refractivity contribution >= 4 is 29.2 Å². The summed E-state index contributed by atoms with van der Waals surface area (Å²) in [6, 6.07) is 5.35. The van der Waals surface area contributed by atoms with Gasteiger partial charge in [0.2, 0.25) is 11.7 Å². The van der Waals surface area contributed by atoms with E-state index in [1.165, 1.54) is 7.11 Å². The highest BCUT2D eigenvalue weighted by Crippen LogP contribution is 2.30. The van der Waals surface area contributed by atoms with Crippen LogP contribution in [0.3, 0.4) is 0 Å². The van der Waals surface area contributed by atoms with E-state index in [0.717, 1.165) is 5.56 Å². The molecule has 0 saturated heterocycles. The maximum absolute atomic E-state index is 11.1. The number of carbonyl (C=O) groups is 1. The number of aryl methyl sites for hydroxylation is 1. The summed E-state index contributed by atoms with van der Waals surface area (Å²) in [5.41, 5.74) is 2.12. The van der Waals surface area contributed by atoms with Crippen LogP contribution in [0.2, 0.25) is 10.0 Å². The monoisotopic (exact) mass is 340 g/mol. The first-order valence-corrected chi connectivity index (χ1v) is 7.33. The summed E-state index contributed by atoms with van der Waals surface area (Å²) in [7, 11) is 1.44. The summed E-state index contributed by atoms with van der Waals surface area (Å²) in [4.78, 5) is 19.1. The summed E-state index contributed by atoms with van der Waals surface area (Å²) in [5.74, 6) is -1.24. The van der Waals surface area contributed by atoms with Gasteiger partial charge in [-0.05, 0) is 18.1 Å². The van der Waals surface area contributed by atoms with E-state index < -0.39 is 5.97 Å². The third-order valence-electron chi connectivity index (χ3n) is 3.17. The highest BCUT2D eigenvalue weighted by molar-refractivity contribution is 6.42. The molecule has 0 atom stereocenters. The van der Waals surface area contributed by atoms with Crippen LogP contribution in [-0.2, 0) is 12.8 Å². The number of hydrogen-bond acceptors (Lipinski definition) is 4. The Hall–Kier alpha value is -1.85. The Bertz CT molecular complexity index is 695. The number of carboxylic acids is 1. The lowest BCUT2D eigenvalue weighted by Crippen LogP contribution is -2.12. The van der Waals surface area contributed by atoms with Gasteiger partial charge in [0.25, 0.3) is 0 Å². The first kappa shape index (κ1) is 16.5. The average Bonchev–Trinajstić information content (AvgIpc) is 2.51. The van der Waals surface area contributed by atoms with E-state index >= 15 is 0 Å². The fourth-order valence-electron chi connectivity index (χ4n) is 2.12. The molecule has 1 heterocycles. The molecule has 0 aliphatic rings. The molecule has 0 unspecified atom stereocenters. The lowest BCUT2D eigenvalue weighted by Gasteiger charge is -2.13. The molecule has 0 amide bonds. The molecule has 0 spiro atoms. The molecule has 5 nitrogen and oxygen atoms in total. The van der Waals surface area contributed by atoms with Gasteiger partial charge in [0.15, 0.2) is 0 Å². The summed E-state index contributed by atoms with van der Waals surface area (Å²) in [5, 5.41) is 9.98. The predicted octanol–water partition coefficient (Wildman–Crippen LogP) is 3.64. The van der Waals surface area contributed by atoms with Gasteiger partial charge in [-0.25, -0.2) is 9.78 Å².